The van der Waals surface area contributed by atoms with Gasteiger partial charge in [0, 0.05) is 16.2 Å². The van der Waals surface area contributed by atoms with Gasteiger partial charge in [0.25, 0.3) is 0 Å². The molecule has 2 fully saturated rings. The molecule has 3 aliphatic rings. The van der Waals surface area contributed by atoms with Gasteiger partial charge < -0.3 is 14.2 Å². The number of ether oxygens (including phenoxy) is 3. The molecule has 55 heavy (non-hydrogen) atoms. The van der Waals surface area contributed by atoms with Crippen molar-refractivity contribution >= 4 is 0 Å². The normalized spacial score (nSPS) is 28.4. The molecule has 3 heterocycles. The van der Waals surface area contributed by atoms with E-state index in [1.54, 1.807) is 0 Å². The zero-order valence-electron chi connectivity index (χ0n) is 40.5. The van der Waals surface area contributed by atoms with Crippen molar-refractivity contribution in [3.8, 4) is 0 Å². The number of rotatable bonds is 7. The van der Waals surface area contributed by atoms with Crippen LogP contribution in [0.25, 0.3) is 0 Å². The highest BCUT2D eigenvalue weighted by atomic mass is 16.6. The standard InChI is InChI=1S/C16H22O.2C10H18O.2C8H16/c1-7-16(6)13-11-9-8-10-12(13)14(2,3)15(4,5)17-16;2*1-7-10(6)8(2,3)9(4,5)11-10;2*1-7(2)5-6-8(3)4/h7-11H,1H2,2-6H3;2*7H,1H2,2-6H3;2*5-8H,1-4H3/b;;;2*6-5-/t16-;;;;/m1..../s1. The Morgan fingerprint density at radius 2 is 0.709 bits per heavy atom. The lowest BCUT2D eigenvalue weighted by Gasteiger charge is -2.64. The summed E-state index contributed by atoms with van der Waals surface area (Å²) in [4.78, 5) is 0. The van der Waals surface area contributed by atoms with Crippen molar-refractivity contribution in [1.82, 2.24) is 0 Å². The smallest absolute Gasteiger partial charge is 0.109 e. The summed E-state index contributed by atoms with van der Waals surface area (Å²) >= 11 is 0. The average Bonchev–Trinajstić information content (AvgIpc) is 3.06. The molecule has 3 aliphatic heterocycles. The molecule has 2 unspecified atom stereocenters. The number of allylic oxidation sites excluding steroid dienone is 4. The minimum atomic E-state index is -0.393. The lowest BCUT2D eigenvalue weighted by molar-refractivity contribution is -0.325. The largest absolute Gasteiger partial charge is 0.364 e. The van der Waals surface area contributed by atoms with Crippen molar-refractivity contribution in [2.75, 3.05) is 0 Å². The summed E-state index contributed by atoms with van der Waals surface area (Å²) in [6.45, 7) is 61.5. The van der Waals surface area contributed by atoms with Crippen LogP contribution < -0.4 is 0 Å². The highest BCUT2D eigenvalue weighted by molar-refractivity contribution is 5.44. The van der Waals surface area contributed by atoms with Crippen LogP contribution in [0, 0.1) is 34.5 Å². The first kappa shape index (κ1) is 52.8. The van der Waals surface area contributed by atoms with E-state index in [1.165, 1.54) is 11.1 Å². The van der Waals surface area contributed by atoms with E-state index in [2.05, 4.69) is 228 Å². The molecule has 0 radical (unpaired) electrons. The molecule has 0 N–H and O–H groups in total. The fourth-order valence-corrected chi connectivity index (χ4v) is 6.81. The quantitative estimate of drug-likeness (QED) is 0.259. The SMILES string of the molecule is C=CC1(C)OC(C)(C)C1(C)C.C=CC1(C)OC(C)(C)C1(C)C.C=C[C@@]1(C)OC(C)(C)C(C)(C)c2ccccc21.CC(C)/C=C\C(C)C.CC(C)/C=C\C(C)C. The summed E-state index contributed by atoms with van der Waals surface area (Å²) in [5.41, 5.74) is 2.02. The van der Waals surface area contributed by atoms with Crippen LogP contribution in [0.2, 0.25) is 0 Å². The van der Waals surface area contributed by atoms with Gasteiger partial charge in [-0.05, 0) is 97.1 Å². The minimum Gasteiger partial charge on any atom is -0.364 e. The lowest BCUT2D eigenvalue weighted by atomic mass is 9.60. The van der Waals surface area contributed by atoms with Crippen LogP contribution in [0.1, 0.15) is 170 Å². The average molecular weight is 763 g/mol. The second kappa shape index (κ2) is 19.0. The van der Waals surface area contributed by atoms with E-state index in [-0.39, 0.29) is 44.3 Å². The van der Waals surface area contributed by atoms with Crippen molar-refractivity contribution < 1.29 is 14.2 Å². The summed E-state index contributed by atoms with van der Waals surface area (Å²) in [6, 6.07) is 8.53. The first-order chi connectivity index (χ1) is 24.5. The molecule has 316 valence electrons. The molecular formula is C52H90O3. The third-order valence-corrected chi connectivity index (χ3v) is 13.5. The zero-order chi connectivity index (χ0) is 43.9. The van der Waals surface area contributed by atoms with Gasteiger partial charge in [-0.1, -0.05) is 170 Å². The monoisotopic (exact) mass is 763 g/mol. The van der Waals surface area contributed by atoms with Crippen molar-refractivity contribution in [3.05, 3.63) is 97.7 Å². The van der Waals surface area contributed by atoms with Crippen LogP contribution in [0.5, 0.6) is 0 Å². The topological polar surface area (TPSA) is 27.7 Å². The van der Waals surface area contributed by atoms with Crippen LogP contribution in [0.15, 0.2) is 86.5 Å². The van der Waals surface area contributed by atoms with Crippen molar-refractivity contribution in [2.24, 2.45) is 34.5 Å². The molecule has 0 spiro atoms. The van der Waals surface area contributed by atoms with Gasteiger partial charge in [0.1, 0.15) is 5.60 Å². The number of benzene rings is 1. The predicted octanol–water partition coefficient (Wildman–Crippen LogP) is 15.4. The first-order valence-electron chi connectivity index (χ1n) is 21.0. The van der Waals surface area contributed by atoms with Gasteiger partial charge >= 0.3 is 0 Å². The molecule has 1 aromatic carbocycles. The third-order valence-electron chi connectivity index (χ3n) is 13.5. The Hall–Kier alpha value is -2.20. The van der Waals surface area contributed by atoms with Crippen LogP contribution in [0.3, 0.4) is 0 Å². The first-order valence-corrected chi connectivity index (χ1v) is 21.0. The zero-order valence-corrected chi connectivity index (χ0v) is 40.5. The van der Waals surface area contributed by atoms with Gasteiger partial charge in [0.2, 0.25) is 0 Å². The molecule has 4 rings (SSSR count). The Morgan fingerprint density at radius 1 is 0.418 bits per heavy atom. The van der Waals surface area contributed by atoms with E-state index >= 15 is 0 Å². The highest BCUT2D eigenvalue weighted by Gasteiger charge is 2.63. The van der Waals surface area contributed by atoms with E-state index in [0.717, 1.165) is 0 Å². The number of hydrogen-bond acceptors (Lipinski definition) is 3. The molecule has 0 bridgehead atoms. The molecular weight excluding hydrogens is 673 g/mol. The lowest BCUT2D eigenvalue weighted by Crippen LogP contribution is -2.69. The van der Waals surface area contributed by atoms with Gasteiger partial charge in [-0.25, -0.2) is 0 Å². The molecule has 3 atom stereocenters. The molecule has 0 aliphatic carbocycles. The van der Waals surface area contributed by atoms with Crippen LogP contribution in [0.4, 0.5) is 0 Å². The summed E-state index contributed by atoms with van der Waals surface area (Å²) in [5, 5.41) is 0. The third kappa shape index (κ3) is 12.2. The summed E-state index contributed by atoms with van der Waals surface area (Å²) in [6.07, 6.45) is 14.7. The fraction of sp³-hybridized carbons (Fsp3) is 0.692. The maximum Gasteiger partial charge on any atom is 0.109 e. The minimum absolute atomic E-state index is 0.00782. The molecule has 0 saturated carbocycles. The Labute approximate surface area is 343 Å². The summed E-state index contributed by atoms with van der Waals surface area (Å²) in [7, 11) is 0. The van der Waals surface area contributed by atoms with E-state index in [0.29, 0.717) is 23.7 Å². The van der Waals surface area contributed by atoms with E-state index in [1.807, 2.05) is 18.2 Å². The number of hydrogen-bond donors (Lipinski definition) is 0. The molecule has 1 aromatic rings. The van der Waals surface area contributed by atoms with Gasteiger partial charge in [0.15, 0.2) is 0 Å². The van der Waals surface area contributed by atoms with Crippen molar-refractivity contribution in [3.63, 3.8) is 0 Å². The Kier molecular flexibility index (Phi) is 18.3. The highest BCUT2D eigenvalue weighted by Crippen LogP contribution is 2.58. The van der Waals surface area contributed by atoms with E-state index in [4.69, 9.17) is 14.2 Å². The van der Waals surface area contributed by atoms with E-state index < -0.39 is 5.60 Å². The Bertz CT molecular complexity index is 1360. The molecule has 3 heteroatoms. The Morgan fingerprint density at radius 3 is 0.909 bits per heavy atom. The number of fused-ring (bicyclic) bond motifs is 1. The van der Waals surface area contributed by atoms with Crippen molar-refractivity contribution in [2.45, 2.75) is 198 Å². The van der Waals surface area contributed by atoms with Gasteiger partial charge in [-0.3, -0.25) is 0 Å². The van der Waals surface area contributed by atoms with Crippen LogP contribution in [-0.4, -0.2) is 28.0 Å². The summed E-state index contributed by atoms with van der Waals surface area (Å²) in [5.74, 6) is 2.82. The Balaban J connectivity index is 0.000000687. The second-order valence-electron chi connectivity index (χ2n) is 20.9. The summed E-state index contributed by atoms with van der Waals surface area (Å²) < 4.78 is 17.9. The van der Waals surface area contributed by atoms with Crippen molar-refractivity contribution in [1.29, 1.82) is 0 Å². The van der Waals surface area contributed by atoms with Crippen LogP contribution in [-0.2, 0) is 25.2 Å². The molecule has 0 aromatic heterocycles. The maximum absolute atomic E-state index is 6.33. The van der Waals surface area contributed by atoms with E-state index in [9.17, 15) is 0 Å². The maximum atomic E-state index is 6.33. The van der Waals surface area contributed by atoms with Gasteiger partial charge in [-0.2, -0.15) is 0 Å². The van der Waals surface area contributed by atoms with Crippen LogP contribution >= 0.6 is 0 Å². The second-order valence-corrected chi connectivity index (χ2v) is 20.9. The molecule has 2 saturated heterocycles. The van der Waals surface area contributed by atoms with Gasteiger partial charge in [-0.15, -0.1) is 13.2 Å². The molecule has 3 nitrogen and oxygen atoms in total. The predicted molar refractivity (Wildman–Crippen MR) is 245 cm³/mol. The van der Waals surface area contributed by atoms with Gasteiger partial charge in [0.05, 0.1) is 28.0 Å². The molecule has 0 amide bonds. The fourth-order valence-electron chi connectivity index (χ4n) is 6.81.